The minimum absolute atomic E-state index is 0. The first-order valence-electron chi connectivity index (χ1n) is 6.05. The largest absolute Gasteiger partial charge is 0.311 e. The first-order chi connectivity index (χ1) is 8.85. The van der Waals surface area contributed by atoms with Crippen molar-refractivity contribution >= 4 is 22.4 Å². The third-order valence-corrected chi connectivity index (χ3v) is 5.48. The first kappa shape index (κ1) is 17.3. The normalized spacial score (nSPS) is 24.2. The van der Waals surface area contributed by atoms with E-state index in [1.165, 1.54) is 10.4 Å². The average molecular weight is 327 g/mol. The van der Waals surface area contributed by atoms with Gasteiger partial charge in [-0.3, -0.25) is 0 Å². The van der Waals surface area contributed by atoms with Crippen molar-refractivity contribution in [3.05, 3.63) is 29.8 Å². The van der Waals surface area contributed by atoms with Gasteiger partial charge in [0.25, 0.3) is 0 Å². The number of sulfonamides is 1. The van der Waals surface area contributed by atoms with Crippen molar-refractivity contribution in [3.8, 4) is 0 Å². The molecule has 0 spiro atoms. The third kappa shape index (κ3) is 2.95. The van der Waals surface area contributed by atoms with Crippen LogP contribution in [-0.4, -0.2) is 37.9 Å². The molecule has 0 radical (unpaired) electrons. The molecule has 1 fully saturated rings. The van der Waals surface area contributed by atoms with Crippen molar-refractivity contribution in [3.63, 3.8) is 0 Å². The van der Waals surface area contributed by atoms with E-state index in [4.69, 9.17) is 0 Å². The molecule has 0 aliphatic carbocycles. The van der Waals surface area contributed by atoms with Crippen LogP contribution in [0.4, 0.5) is 8.78 Å². The second-order valence-corrected chi connectivity index (χ2v) is 6.51. The van der Waals surface area contributed by atoms with E-state index in [1.54, 1.807) is 6.92 Å². The molecular formula is C12H17ClF2N2O2S. The molecule has 0 saturated carbocycles. The average Bonchev–Trinajstić information content (AvgIpc) is 2.35. The Morgan fingerprint density at radius 1 is 1.30 bits per heavy atom. The second-order valence-electron chi connectivity index (χ2n) is 4.65. The molecule has 4 nitrogen and oxygen atoms in total. The zero-order valence-corrected chi connectivity index (χ0v) is 12.8. The van der Waals surface area contributed by atoms with Gasteiger partial charge in [0.1, 0.15) is 4.90 Å². The number of hydrogen-bond donors (Lipinski definition) is 1. The Balaban J connectivity index is 0.00000200. The van der Waals surface area contributed by atoms with Gasteiger partial charge in [0.15, 0.2) is 11.6 Å². The Kier molecular flexibility index (Phi) is 5.48. The number of nitrogens with zero attached hydrogens (tertiary/aromatic N) is 1. The third-order valence-electron chi connectivity index (χ3n) is 3.48. The molecular weight excluding hydrogens is 310 g/mol. The van der Waals surface area contributed by atoms with Crippen molar-refractivity contribution in [1.82, 2.24) is 9.62 Å². The second kappa shape index (κ2) is 6.34. The van der Waals surface area contributed by atoms with Gasteiger partial charge in [-0.15, -0.1) is 12.4 Å². The molecule has 8 heteroatoms. The van der Waals surface area contributed by atoms with E-state index in [-0.39, 0.29) is 31.0 Å². The van der Waals surface area contributed by atoms with E-state index in [1.807, 2.05) is 6.92 Å². The van der Waals surface area contributed by atoms with Crippen LogP contribution in [0, 0.1) is 11.6 Å². The van der Waals surface area contributed by atoms with Gasteiger partial charge in [0.2, 0.25) is 10.0 Å². The zero-order valence-electron chi connectivity index (χ0n) is 11.1. The van der Waals surface area contributed by atoms with Crippen LogP contribution in [0.15, 0.2) is 23.1 Å². The Labute approximate surface area is 123 Å². The summed E-state index contributed by atoms with van der Waals surface area (Å²) in [4.78, 5) is -0.603. The maximum Gasteiger partial charge on any atom is 0.246 e. The number of rotatable bonds is 2. The summed E-state index contributed by atoms with van der Waals surface area (Å²) in [6.45, 7) is 4.32. The molecule has 1 aromatic carbocycles. The van der Waals surface area contributed by atoms with Gasteiger partial charge in [-0.25, -0.2) is 17.2 Å². The predicted octanol–water partition coefficient (Wildman–Crippen LogP) is 1.76. The van der Waals surface area contributed by atoms with Gasteiger partial charge in [0, 0.05) is 25.2 Å². The highest BCUT2D eigenvalue weighted by molar-refractivity contribution is 7.89. The van der Waals surface area contributed by atoms with Crippen LogP contribution < -0.4 is 5.32 Å². The van der Waals surface area contributed by atoms with Gasteiger partial charge in [-0.2, -0.15) is 4.31 Å². The quantitative estimate of drug-likeness (QED) is 0.901. The number of benzene rings is 1. The van der Waals surface area contributed by atoms with Crippen LogP contribution in [0.1, 0.15) is 13.8 Å². The van der Waals surface area contributed by atoms with Crippen LogP contribution in [-0.2, 0) is 10.0 Å². The van der Waals surface area contributed by atoms with Crippen LogP contribution in [0.3, 0.4) is 0 Å². The highest BCUT2D eigenvalue weighted by Crippen LogP contribution is 2.24. The molecule has 2 unspecified atom stereocenters. The first-order valence-corrected chi connectivity index (χ1v) is 7.49. The van der Waals surface area contributed by atoms with Crippen LogP contribution in [0.25, 0.3) is 0 Å². The highest BCUT2D eigenvalue weighted by Gasteiger charge is 2.36. The maximum atomic E-state index is 13.7. The molecule has 114 valence electrons. The lowest BCUT2D eigenvalue weighted by molar-refractivity contribution is 0.232. The highest BCUT2D eigenvalue weighted by atomic mass is 35.5. The van der Waals surface area contributed by atoms with Crippen molar-refractivity contribution < 1.29 is 17.2 Å². The number of halogens is 3. The fourth-order valence-electron chi connectivity index (χ4n) is 2.17. The summed E-state index contributed by atoms with van der Waals surface area (Å²) in [5.41, 5.74) is 0. The van der Waals surface area contributed by atoms with E-state index in [0.717, 1.165) is 12.1 Å². The van der Waals surface area contributed by atoms with Crippen LogP contribution in [0.2, 0.25) is 0 Å². The fourth-order valence-corrected chi connectivity index (χ4v) is 3.95. The maximum absolute atomic E-state index is 13.7. The van der Waals surface area contributed by atoms with Crippen LogP contribution in [0.5, 0.6) is 0 Å². The molecule has 2 atom stereocenters. The molecule has 0 bridgehead atoms. The number of hydrogen-bond acceptors (Lipinski definition) is 3. The molecule has 1 aromatic rings. The van der Waals surface area contributed by atoms with Crippen LogP contribution >= 0.6 is 12.4 Å². The van der Waals surface area contributed by atoms with Crippen molar-refractivity contribution in [2.45, 2.75) is 30.8 Å². The Bertz CT molecular complexity index is 583. The summed E-state index contributed by atoms with van der Waals surface area (Å²) in [6, 6.07) is 2.83. The van der Waals surface area contributed by atoms with E-state index < -0.39 is 26.6 Å². The summed E-state index contributed by atoms with van der Waals surface area (Å²) in [7, 11) is -4.02. The Morgan fingerprint density at radius 2 is 1.95 bits per heavy atom. The number of nitrogens with one attached hydrogen (secondary N) is 1. The molecule has 1 saturated heterocycles. The van der Waals surface area contributed by atoms with Gasteiger partial charge in [-0.1, -0.05) is 6.07 Å². The monoisotopic (exact) mass is 326 g/mol. The van der Waals surface area contributed by atoms with Crippen molar-refractivity contribution in [1.29, 1.82) is 0 Å². The van der Waals surface area contributed by atoms with E-state index in [0.29, 0.717) is 6.54 Å². The lowest BCUT2D eigenvalue weighted by Gasteiger charge is -2.37. The summed E-state index contributed by atoms with van der Waals surface area (Å²) in [6.07, 6.45) is 0. The van der Waals surface area contributed by atoms with Gasteiger partial charge in [0.05, 0.1) is 0 Å². The van der Waals surface area contributed by atoms with Crippen molar-refractivity contribution in [2.75, 3.05) is 13.1 Å². The fraction of sp³-hybridized carbons (Fsp3) is 0.500. The standard InChI is InChI=1S/C12H16F2N2O2S.ClH/c1-8-9(2)16(7-6-15-8)19(17,18)11-5-3-4-10(13)12(11)14;/h3-5,8-9,15H,6-7H2,1-2H3;1H. The molecule has 2 rings (SSSR count). The smallest absolute Gasteiger partial charge is 0.246 e. The van der Waals surface area contributed by atoms with Gasteiger partial charge >= 0.3 is 0 Å². The Morgan fingerprint density at radius 3 is 2.60 bits per heavy atom. The Hall–Kier alpha value is -0.760. The van der Waals surface area contributed by atoms with E-state index >= 15 is 0 Å². The number of piperazine rings is 1. The summed E-state index contributed by atoms with van der Waals surface area (Å²) in [5.74, 6) is -2.47. The summed E-state index contributed by atoms with van der Waals surface area (Å²) >= 11 is 0. The topological polar surface area (TPSA) is 49.4 Å². The molecule has 0 amide bonds. The lowest BCUT2D eigenvalue weighted by Crippen LogP contribution is -2.57. The minimum Gasteiger partial charge on any atom is -0.311 e. The van der Waals surface area contributed by atoms with E-state index in [2.05, 4.69) is 5.32 Å². The van der Waals surface area contributed by atoms with Gasteiger partial charge in [-0.05, 0) is 26.0 Å². The van der Waals surface area contributed by atoms with E-state index in [9.17, 15) is 17.2 Å². The van der Waals surface area contributed by atoms with Crippen molar-refractivity contribution in [2.24, 2.45) is 0 Å². The molecule has 1 heterocycles. The summed E-state index contributed by atoms with van der Waals surface area (Å²) in [5, 5.41) is 3.14. The molecule has 1 N–H and O–H groups in total. The van der Waals surface area contributed by atoms with Gasteiger partial charge < -0.3 is 5.32 Å². The molecule has 1 aliphatic heterocycles. The molecule has 1 aliphatic rings. The molecule has 0 aromatic heterocycles. The SMILES string of the molecule is CC1NCCN(S(=O)(=O)c2cccc(F)c2F)C1C.Cl. The minimum atomic E-state index is -4.02. The lowest BCUT2D eigenvalue weighted by atomic mass is 10.1. The summed E-state index contributed by atoms with van der Waals surface area (Å²) < 4.78 is 52.9. The zero-order chi connectivity index (χ0) is 14.2. The predicted molar refractivity (Wildman–Crippen MR) is 74.4 cm³/mol. The molecule has 20 heavy (non-hydrogen) atoms.